The molecule has 3 aromatic rings. The Labute approximate surface area is 162 Å². The Morgan fingerprint density at radius 3 is 2.81 bits per heavy atom. The quantitative estimate of drug-likeness (QED) is 0.614. The number of fused-ring (bicyclic) bond motifs is 3. The summed E-state index contributed by atoms with van der Waals surface area (Å²) in [5.74, 6) is 0.635. The number of hydrogen-bond donors (Lipinski definition) is 0. The molecule has 0 radical (unpaired) electrons. The fourth-order valence-electron chi connectivity index (χ4n) is 5.46. The van der Waals surface area contributed by atoms with Crippen molar-refractivity contribution in [3.8, 4) is 0 Å². The third-order valence-corrected chi connectivity index (χ3v) is 6.86. The van der Waals surface area contributed by atoms with Gasteiger partial charge in [0, 0.05) is 59.5 Å². The van der Waals surface area contributed by atoms with Gasteiger partial charge in [-0.3, -0.25) is 4.98 Å². The van der Waals surface area contributed by atoms with E-state index in [9.17, 15) is 0 Å². The third kappa shape index (κ3) is 2.63. The molecule has 0 aliphatic carbocycles. The Bertz CT molecular complexity index is 1030. The van der Waals surface area contributed by atoms with E-state index in [-0.39, 0.29) is 5.41 Å². The molecule has 0 bridgehead atoms. The van der Waals surface area contributed by atoms with Crippen LogP contribution in [0.2, 0.25) is 0 Å². The van der Waals surface area contributed by atoms with Gasteiger partial charge in [-0.25, -0.2) is 0 Å². The molecular formula is C24H29N3. The average Bonchev–Trinajstić information content (AvgIpc) is 2.82. The molecule has 2 atom stereocenters. The Balaban J connectivity index is 1.73. The molecule has 2 aliphatic rings. The van der Waals surface area contributed by atoms with Crippen molar-refractivity contribution in [1.29, 1.82) is 0 Å². The van der Waals surface area contributed by atoms with Gasteiger partial charge in [0.1, 0.15) is 0 Å². The van der Waals surface area contributed by atoms with Crippen LogP contribution in [-0.4, -0.2) is 28.0 Å². The maximum atomic E-state index is 4.43. The minimum Gasteiger partial charge on any atom is -0.343 e. The lowest BCUT2D eigenvalue weighted by Gasteiger charge is -2.31. The van der Waals surface area contributed by atoms with Crippen molar-refractivity contribution >= 4 is 10.9 Å². The number of aromatic nitrogens is 2. The zero-order valence-electron chi connectivity index (χ0n) is 16.9. The van der Waals surface area contributed by atoms with Crippen LogP contribution in [0, 0.1) is 13.8 Å². The van der Waals surface area contributed by atoms with E-state index in [0.29, 0.717) is 5.92 Å². The molecule has 0 fully saturated rings. The molecule has 0 N–H and O–H groups in total. The number of likely N-dealkylation sites (N-methyl/N-ethyl adjacent to an activating group) is 1. The Morgan fingerprint density at radius 1 is 1.15 bits per heavy atom. The lowest BCUT2D eigenvalue weighted by atomic mass is 9.77. The first-order valence-corrected chi connectivity index (χ1v) is 10.2. The normalized spacial score (nSPS) is 25.4. The Kier molecular flexibility index (Phi) is 3.74. The van der Waals surface area contributed by atoms with Crippen LogP contribution in [0.25, 0.3) is 10.9 Å². The van der Waals surface area contributed by atoms with Gasteiger partial charge in [0.2, 0.25) is 0 Å². The second-order valence-corrected chi connectivity index (χ2v) is 9.15. The average molecular weight is 360 g/mol. The highest BCUT2D eigenvalue weighted by Crippen LogP contribution is 2.45. The summed E-state index contributed by atoms with van der Waals surface area (Å²) in [6.45, 7) is 10.1. The number of hydrogen-bond acceptors (Lipinski definition) is 2. The minimum atomic E-state index is 0.147. The van der Waals surface area contributed by atoms with Crippen LogP contribution in [-0.2, 0) is 18.5 Å². The van der Waals surface area contributed by atoms with Crippen LogP contribution in [0.3, 0.4) is 0 Å². The van der Waals surface area contributed by atoms with Gasteiger partial charge in [0.15, 0.2) is 0 Å². The molecule has 2 aromatic heterocycles. The van der Waals surface area contributed by atoms with E-state index in [1.165, 1.54) is 41.4 Å². The van der Waals surface area contributed by atoms with E-state index >= 15 is 0 Å². The van der Waals surface area contributed by atoms with Crippen LogP contribution in [0.15, 0.2) is 36.5 Å². The molecule has 0 saturated heterocycles. The van der Waals surface area contributed by atoms with Gasteiger partial charge in [0.05, 0.1) is 0 Å². The van der Waals surface area contributed by atoms with Crippen molar-refractivity contribution in [2.24, 2.45) is 0 Å². The highest BCUT2D eigenvalue weighted by atomic mass is 15.1. The molecule has 1 aromatic carbocycles. The summed E-state index contributed by atoms with van der Waals surface area (Å²) in [4.78, 5) is 6.95. The molecule has 140 valence electrons. The zero-order chi connectivity index (χ0) is 18.8. The molecule has 3 nitrogen and oxygen atoms in total. The number of nitrogens with zero attached hydrogens (tertiary/aromatic N) is 3. The van der Waals surface area contributed by atoms with Crippen molar-refractivity contribution < 1.29 is 0 Å². The van der Waals surface area contributed by atoms with Gasteiger partial charge in [-0.2, -0.15) is 0 Å². The Morgan fingerprint density at radius 2 is 2.00 bits per heavy atom. The number of aryl methyl sites for hydroxylation is 2. The monoisotopic (exact) mass is 359 g/mol. The van der Waals surface area contributed by atoms with Crippen LogP contribution >= 0.6 is 0 Å². The summed E-state index contributed by atoms with van der Waals surface area (Å²) in [6, 6.07) is 11.5. The summed E-state index contributed by atoms with van der Waals surface area (Å²) < 4.78 is 2.67. The molecule has 3 heteroatoms. The standard InChI is InChI=1S/C24H29N3/c1-16-5-6-22-20(11-16)21-14-26(4)13-18-7-9-24(3,15-27(22)23(18)21)19-8-10-25-17(2)12-19/h5-6,8,10-12,18H,7,9,13-15H2,1-4H3. The molecule has 27 heavy (non-hydrogen) atoms. The van der Waals surface area contributed by atoms with Crippen LogP contribution in [0.4, 0.5) is 0 Å². The molecule has 5 rings (SSSR count). The fourth-order valence-corrected chi connectivity index (χ4v) is 5.46. The van der Waals surface area contributed by atoms with Crippen molar-refractivity contribution in [2.75, 3.05) is 13.6 Å². The van der Waals surface area contributed by atoms with Crippen LogP contribution in [0.5, 0.6) is 0 Å². The predicted octanol–water partition coefficient (Wildman–Crippen LogP) is 4.93. The SMILES string of the molecule is Cc1ccc2c(c1)c1c3n2CC(C)(c2ccnc(C)c2)CCC3CN(C)C1. The van der Waals surface area contributed by atoms with E-state index in [1.807, 2.05) is 6.20 Å². The topological polar surface area (TPSA) is 21.1 Å². The molecule has 0 amide bonds. The second kappa shape index (κ2) is 5.93. The summed E-state index contributed by atoms with van der Waals surface area (Å²) >= 11 is 0. The summed E-state index contributed by atoms with van der Waals surface area (Å²) in [5.41, 5.74) is 8.67. The number of rotatable bonds is 1. The largest absolute Gasteiger partial charge is 0.343 e. The summed E-state index contributed by atoms with van der Waals surface area (Å²) in [7, 11) is 2.28. The van der Waals surface area contributed by atoms with Gasteiger partial charge in [-0.15, -0.1) is 0 Å². The zero-order valence-corrected chi connectivity index (χ0v) is 16.9. The maximum absolute atomic E-state index is 4.43. The lowest BCUT2D eigenvalue weighted by molar-refractivity contribution is 0.269. The fraction of sp³-hybridized carbons (Fsp3) is 0.458. The Hall–Kier alpha value is -2.13. The van der Waals surface area contributed by atoms with E-state index in [2.05, 4.69) is 72.6 Å². The predicted molar refractivity (Wildman–Crippen MR) is 111 cm³/mol. The molecular weight excluding hydrogens is 330 g/mol. The van der Waals surface area contributed by atoms with Crippen LogP contribution in [0.1, 0.15) is 53.8 Å². The minimum absolute atomic E-state index is 0.147. The first-order chi connectivity index (χ1) is 12.9. The van der Waals surface area contributed by atoms with Crippen molar-refractivity contribution in [1.82, 2.24) is 14.5 Å². The molecule has 2 unspecified atom stereocenters. The summed E-state index contributed by atoms with van der Waals surface area (Å²) in [6.07, 6.45) is 4.46. The van der Waals surface area contributed by atoms with Crippen molar-refractivity contribution in [3.63, 3.8) is 0 Å². The van der Waals surface area contributed by atoms with E-state index in [0.717, 1.165) is 18.8 Å². The van der Waals surface area contributed by atoms with Gasteiger partial charge in [-0.1, -0.05) is 18.6 Å². The first-order valence-electron chi connectivity index (χ1n) is 10.2. The van der Waals surface area contributed by atoms with Gasteiger partial charge in [0.25, 0.3) is 0 Å². The van der Waals surface area contributed by atoms with Gasteiger partial charge >= 0.3 is 0 Å². The second-order valence-electron chi connectivity index (χ2n) is 9.15. The summed E-state index contributed by atoms with van der Waals surface area (Å²) in [5, 5.41) is 1.47. The number of benzene rings is 1. The van der Waals surface area contributed by atoms with E-state index in [1.54, 1.807) is 11.3 Å². The first kappa shape index (κ1) is 17.0. The highest BCUT2D eigenvalue weighted by Gasteiger charge is 2.38. The smallest absolute Gasteiger partial charge is 0.0486 e. The van der Waals surface area contributed by atoms with E-state index < -0.39 is 0 Å². The lowest BCUT2D eigenvalue weighted by Crippen LogP contribution is -2.30. The molecule has 0 saturated carbocycles. The molecule has 0 spiro atoms. The van der Waals surface area contributed by atoms with E-state index in [4.69, 9.17) is 0 Å². The van der Waals surface area contributed by atoms with Crippen molar-refractivity contribution in [2.45, 2.75) is 58.0 Å². The van der Waals surface area contributed by atoms with Crippen molar-refractivity contribution in [3.05, 3.63) is 64.6 Å². The third-order valence-electron chi connectivity index (χ3n) is 6.86. The number of pyridine rings is 1. The maximum Gasteiger partial charge on any atom is 0.0486 e. The van der Waals surface area contributed by atoms with Gasteiger partial charge < -0.3 is 9.47 Å². The van der Waals surface area contributed by atoms with Crippen LogP contribution < -0.4 is 0 Å². The van der Waals surface area contributed by atoms with Gasteiger partial charge in [-0.05, 0) is 69.1 Å². The highest BCUT2D eigenvalue weighted by molar-refractivity contribution is 5.87. The molecule has 4 heterocycles. The molecule has 2 aliphatic heterocycles.